The lowest BCUT2D eigenvalue weighted by molar-refractivity contribution is -0.145. The van der Waals surface area contributed by atoms with Crippen molar-refractivity contribution >= 4 is 29.6 Å². The Balaban J connectivity index is 2.30. The Morgan fingerprint density at radius 1 is 0.763 bits per heavy atom. The Morgan fingerprint density at radius 3 is 1.58 bits per heavy atom. The third kappa shape index (κ3) is 9.64. The molecule has 0 bridgehead atoms. The lowest BCUT2D eigenvalue weighted by Gasteiger charge is -2.26. The van der Waals surface area contributed by atoms with Gasteiger partial charge in [0.05, 0.1) is 18.6 Å². The zero-order valence-electron chi connectivity index (χ0n) is 20.9. The number of primary amides is 1. The van der Waals surface area contributed by atoms with E-state index in [2.05, 4.69) is 16.0 Å². The number of aliphatic carboxylic acids is 1. The van der Waals surface area contributed by atoms with E-state index in [1.54, 1.807) is 60.7 Å². The second-order valence-corrected chi connectivity index (χ2v) is 8.84. The Labute approximate surface area is 219 Å². The van der Waals surface area contributed by atoms with Crippen LogP contribution in [0.15, 0.2) is 60.7 Å². The van der Waals surface area contributed by atoms with Gasteiger partial charge >= 0.3 is 5.97 Å². The molecule has 0 aliphatic heterocycles. The van der Waals surface area contributed by atoms with E-state index in [-0.39, 0.29) is 12.8 Å². The zero-order chi connectivity index (χ0) is 28.2. The first-order valence-corrected chi connectivity index (χ1v) is 11.9. The Hall–Kier alpha value is -4.29. The van der Waals surface area contributed by atoms with E-state index in [1.807, 2.05) is 0 Å². The molecule has 0 fully saturated rings. The van der Waals surface area contributed by atoms with Crippen LogP contribution < -0.4 is 27.4 Å². The first-order chi connectivity index (χ1) is 18.0. The molecule has 0 saturated heterocycles. The fraction of sp³-hybridized carbons (Fsp3) is 0.346. The molecule has 12 heteroatoms. The number of hydrogen-bond donors (Lipinski definition) is 7. The number of hydrogen-bond acceptors (Lipinski definition) is 7. The fourth-order valence-corrected chi connectivity index (χ4v) is 3.62. The van der Waals surface area contributed by atoms with Crippen molar-refractivity contribution in [3.8, 4) is 0 Å². The predicted octanol–water partition coefficient (Wildman–Crippen LogP) is -1.41. The molecule has 5 atom stereocenters. The molecule has 0 spiro atoms. The van der Waals surface area contributed by atoms with Crippen LogP contribution in [-0.2, 0) is 36.8 Å². The summed E-state index contributed by atoms with van der Waals surface area (Å²) in [5, 5.41) is 26.5. The van der Waals surface area contributed by atoms with Crippen molar-refractivity contribution in [3.63, 3.8) is 0 Å². The summed E-state index contributed by atoms with van der Waals surface area (Å²) < 4.78 is 0. The van der Waals surface area contributed by atoms with E-state index < -0.39 is 66.3 Å². The summed E-state index contributed by atoms with van der Waals surface area (Å²) in [6, 6.07) is 12.1. The standard InChI is InChI=1S/C26H33N5O7/c1-15(32)22(26(37)38)31-25(36)20(13-17-10-6-3-7-11-17)30-24(35)19(12-16-8-4-2-5-9-16)29-23(34)18(27)14-21(28)33/h2-11,15,18-20,22,32H,12-14,27H2,1H3,(H2,28,33)(H,29,34)(H,30,35)(H,31,36)(H,37,38). The van der Waals surface area contributed by atoms with Gasteiger partial charge in [-0.15, -0.1) is 0 Å². The minimum atomic E-state index is -1.61. The Bertz CT molecular complexity index is 1110. The van der Waals surface area contributed by atoms with Gasteiger partial charge in [0.25, 0.3) is 0 Å². The van der Waals surface area contributed by atoms with Crippen LogP contribution in [0.3, 0.4) is 0 Å². The van der Waals surface area contributed by atoms with Gasteiger partial charge in [0.2, 0.25) is 23.6 Å². The van der Waals surface area contributed by atoms with E-state index in [9.17, 15) is 34.2 Å². The van der Waals surface area contributed by atoms with Gasteiger partial charge in [-0.1, -0.05) is 60.7 Å². The van der Waals surface area contributed by atoms with Crippen LogP contribution >= 0.6 is 0 Å². The van der Waals surface area contributed by atoms with E-state index >= 15 is 0 Å². The van der Waals surface area contributed by atoms with Crippen molar-refractivity contribution in [1.82, 2.24) is 16.0 Å². The Kier molecular flexibility index (Phi) is 11.4. The van der Waals surface area contributed by atoms with Crippen molar-refractivity contribution in [2.75, 3.05) is 0 Å². The van der Waals surface area contributed by atoms with E-state index in [0.29, 0.717) is 11.1 Å². The van der Waals surface area contributed by atoms with E-state index in [1.165, 1.54) is 6.92 Å². The lowest BCUT2D eigenvalue weighted by atomic mass is 10.0. The van der Waals surface area contributed by atoms with Crippen molar-refractivity contribution in [2.24, 2.45) is 11.5 Å². The molecule has 2 aromatic rings. The zero-order valence-corrected chi connectivity index (χ0v) is 20.9. The number of benzene rings is 2. The second-order valence-electron chi connectivity index (χ2n) is 8.84. The largest absolute Gasteiger partial charge is 0.480 e. The summed E-state index contributed by atoms with van der Waals surface area (Å²) in [5.41, 5.74) is 12.2. The lowest BCUT2D eigenvalue weighted by Crippen LogP contribution is -2.59. The molecular weight excluding hydrogens is 494 g/mol. The number of carbonyl (C=O) groups excluding carboxylic acids is 4. The molecule has 4 amide bonds. The van der Waals surface area contributed by atoms with Gasteiger partial charge in [0, 0.05) is 12.8 Å². The molecule has 2 aromatic carbocycles. The third-order valence-electron chi connectivity index (χ3n) is 5.64. The van der Waals surface area contributed by atoms with Gasteiger partial charge in [-0.3, -0.25) is 19.2 Å². The third-order valence-corrected chi connectivity index (χ3v) is 5.64. The number of nitrogens with two attached hydrogens (primary N) is 2. The molecule has 0 aliphatic rings. The highest BCUT2D eigenvalue weighted by molar-refractivity contribution is 5.95. The van der Waals surface area contributed by atoms with Crippen molar-refractivity contribution < 1.29 is 34.2 Å². The average Bonchev–Trinajstić information content (AvgIpc) is 2.86. The Morgan fingerprint density at radius 2 is 1.18 bits per heavy atom. The topological polar surface area (TPSA) is 214 Å². The van der Waals surface area contributed by atoms with Gasteiger partial charge in [0.15, 0.2) is 6.04 Å². The molecule has 9 N–H and O–H groups in total. The van der Waals surface area contributed by atoms with Crippen LogP contribution in [0.1, 0.15) is 24.5 Å². The van der Waals surface area contributed by atoms with Gasteiger partial charge in [0.1, 0.15) is 12.1 Å². The van der Waals surface area contributed by atoms with Gasteiger partial charge < -0.3 is 37.6 Å². The number of carbonyl (C=O) groups is 5. The molecule has 0 radical (unpaired) electrons. The van der Waals surface area contributed by atoms with Crippen molar-refractivity contribution in [2.45, 2.75) is 56.5 Å². The van der Waals surface area contributed by atoms with Crippen LogP contribution in [0.2, 0.25) is 0 Å². The molecule has 204 valence electrons. The fourth-order valence-electron chi connectivity index (χ4n) is 3.62. The highest BCUT2D eigenvalue weighted by Gasteiger charge is 2.32. The summed E-state index contributed by atoms with van der Waals surface area (Å²) in [5.74, 6) is -4.61. The van der Waals surface area contributed by atoms with Crippen LogP contribution in [0.25, 0.3) is 0 Å². The second kappa shape index (κ2) is 14.4. The summed E-state index contributed by atoms with van der Waals surface area (Å²) in [6.07, 6.45) is -1.80. The molecule has 5 unspecified atom stereocenters. The number of aliphatic hydroxyl groups excluding tert-OH is 1. The number of rotatable bonds is 14. The minimum Gasteiger partial charge on any atom is -0.480 e. The summed E-state index contributed by atoms with van der Waals surface area (Å²) in [6.45, 7) is 1.21. The smallest absolute Gasteiger partial charge is 0.328 e. The first-order valence-electron chi connectivity index (χ1n) is 11.9. The summed E-state index contributed by atoms with van der Waals surface area (Å²) >= 11 is 0. The van der Waals surface area contributed by atoms with E-state index in [4.69, 9.17) is 11.5 Å². The van der Waals surface area contributed by atoms with Crippen molar-refractivity contribution in [3.05, 3.63) is 71.8 Å². The van der Waals surface area contributed by atoms with Gasteiger partial charge in [-0.25, -0.2) is 4.79 Å². The number of amides is 4. The first kappa shape index (κ1) is 29.9. The van der Waals surface area contributed by atoms with Crippen LogP contribution in [-0.4, -0.2) is 70.1 Å². The predicted molar refractivity (Wildman–Crippen MR) is 137 cm³/mol. The number of carboxylic acid groups (broad SMARTS) is 1. The number of aliphatic hydroxyl groups is 1. The molecule has 2 rings (SSSR count). The normalized spacial score (nSPS) is 14.7. The molecule has 0 aliphatic carbocycles. The maximum absolute atomic E-state index is 13.4. The average molecular weight is 528 g/mol. The van der Waals surface area contributed by atoms with Gasteiger partial charge in [-0.2, -0.15) is 0 Å². The quantitative estimate of drug-likeness (QED) is 0.155. The van der Waals surface area contributed by atoms with E-state index in [0.717, 1.165) is 0 Å². The van der Waals surface area contributed by atoms with Crippen LogP contribution in [0.4, 0.5) is 0 Å². The number of carboxylic acids is 1. The SMILES string of the molecule is CC(O)C(NC(=O)C(Cc1ccccc1)NC(=O)C(Cc1ccccc1)NC(=O)C(N)CC(N)=O)C(=O)O. The van der Waals surface area contributed by atoms with Gasteiger partial charge in [-0.05, 0) is 18.1 Å². The maximum Gasteiger partial charge on any atom is 0.328 e. The molecular formula is C26H33N5O7. The molecule has 38 heavy (non-hydrogen) atoms. The summed E-state index contributed by atoms with van der Waals surface area (Å²) in [7, 11) is 0. The minimum absolute atomic E-state index is 0.00223. The highest BCUT2D eigenvalue weighted by atomic mass is 16.4. The van der Waals surface area contributed by atoms with Crippen LogP contribution in [0, 0.1) is 0 Å². The molecule has 0 saturated carbocycles. The maximum atomic E-state index is 13.4. The highest BCUT2D eigenvalue weighted by Crippen LogP contribution is 2.08. The molecule has 12 nitrogen and oxygen atoms in total. The number of nitrogens with one attached hydrogen (secondary N) is 3. The van der Waals surface area contributed by atoms with Crippen LogP contribution in [0.5, 0.6) is 0 Å². The van der Waals surface area contributed by atoms with Crippen molar-refractivity contribution in [1.29, 1.82) is 0 Å². The molecule has 0 aromatic heterocycles. The monoisotopic (exact) mass is 527 g/mol. The molecule has 0 heterocycles. The summed E-state index contributed by atoms with van der Waals surface area (Å²) in [4.78, 5) is 61.7.